The Bertz CT molecular complexity index is 656. The number of likely N-dealkylation sites (tertiary alicyclic amines) is 1. The number of nitrogens with zero attached hydrogens (tertiary/aromatic N) is 5. The van der Waals surface area contributed by atoms with Crippen LogP contribution in [0.25, 0.3) is 5.65 Å². The van der Waals surface area contributed by atoms with E-state index in [1.165, 1.54) is 4.52 Å². The van der Waals surface area contributed by atoms with E-state index in [-0.39, 0.29) is 17.9 Å². The van der Waals surface area contributed by atoms with Crippen LogP contribution in [0.5, 0.6) is 0 Å². The minimum absolute atomic E-state index is 0.0289. The van der Waals surface area contributed by atoms with E-state index in [2.05, 4.69) is 22.4 Å². The predicted octanol–water partition coefficient (Wildman–Crippen LogP) is 0.749. The first-order valence-electron chi connectivity index (χ1n) is 7.25. The van der Waals surface area contributed by atoms with Crippen molar-refractivity contribution in [2.75, 3.05) is 19.7 Å². The lowest BCUT2D eigenvalue weighted by Gasteiger charge is -2.26. The van der Waals surface area contributed by atoms with Gasteiger partial charge in [-0.2, -0.15) is 4.52 Å². The van der Waals surface area contributed by atoms with Crippen molar-refractivity contribution in [3.63, 3.8) is 0 Å². The van der Waals surface area contributed by atoms with Crippen LogP contribution in [0.4, 0.5) is 0 Å². The number of carbonyl (C=O) groups is 1. The second-order valence-electron chi connectivity index (χ2n) is 5.78. The van der Waals surface area contributed by atoms with Crippen LogP contribution >= 0.6 is 0 Å². The lowest BCUT2D eigenvalue weighted by Crippen LogP contribution is -2.34. The fraction of sp³-hybridized carbons (Fsp3) is 0.571. The summed E-state index contributed by atoms with van der Waals surface area (Å²) in [4.78, 5) is 14.4. The van der Waals surface area contributed by atoms with Crippen LogP contribution in [0.3, 0.4) is 0 Å². The molecule has 2 aromatic heterocycles. The molecule has 0 aromatic carbocycles. The number of aromatic nitrogens is 4. The van der Waals surface area contributed by atoms with Gasteiger partial charge in [-0.3, -0.25) is 4.79 Å². The van der Waals surface area contributed by atoms with Gasteiger partial charge in [0.1, 0.15) is 0 Å². The first-order valence-corrected chi connectivity index (χ1v) is 7.25. The third-order valence-electron chi connectivity index (χ3n) is 4.28. The third kappa shape index (κ3) is 2.49. The van der Waals surface area contributed by atoms with Gasteiger partial charge >= 0.3 is 0 Å². The molecule has 3 heterocycles. The largest absolute Gasteiger partial charge is 0.396 e. The topological polar surface area (TPSA) is 83.6 Å². The molecule has 1 fully saturated rings. The van der Waals surface area contributed by atoms with Crippen LogP contribution in [-0.2, 0) is 0 Å². The average molecular weight is 289 g/mol. The molecule has 1 saturated heterocycles. The van der Waals surface area contributed by atoms with Crippen molar-refractivity contribution in [2.24, 2.45) is 5.41 Å². The minimum Gasteiger partial charge on any atom is -0.396 e. The summed E-state index contributed by atoms with van der Waals surface area (Å²) in [5.41, 5.74) is 1.05. The van der Waals surface area contributed by atoms with Crippen molar-refractivity contribution in [1.82, 2.24) is 24.9 Å². The molecular formula is C14H19N5O2. The molecule has 1 amide bonds. The van der Waals surface area contributed by atoms with Crippen LogP contribution in [0.15, 0.2) is 18.3 Å². The smallest absolute Gasteiger partial charge is 0.255 e. The van der Waals surface area contributed by atoms with E-state index in [4.69, 9.17) is 0 Å². The lowest BCUT2D eigenvalue weighted by atomic mass is 9.83. The van der Waals surface area contributed by atoms with Crippen molar-refractivity contribution in [2.45, 2.75) is 26.2 Å². The number of fused-ring (bicyclic) bond motifs is 1. The molecule has 7 heteroatoms. The standard InChI is InChI=1S/C14H19N5O2/c1-2-5-14(10-20)6-7-18(9-14)13(21)11-3-4-12-15-16-17-19(12)8-11/h3-4,8,20H,2,5-7,9-10H2,1H3. The Hall–Kier alpha value is -2.02. The van der Waals surface area contributed by atoms with Crippen molar-refractivity contribution < 1.29 is 9.90 Å². The maximum Gasteiger partial charge on any atom is 0.255 e. The highest BCUT2D eigenvalue weighted by molar-refractivity contribution is 5.94. The first-order chi connectivity index (χ1) is 10.2. The van der Waals surface area contributed by atoms with Gasteiger partial charge in [-0.15, -0.1) is 5.10 Å². The molecule has 2 aromatic rings. The molecule has 1 atom stereocenters. The van der Waals surface area contributed by atoms with Crippen LogP contribution in [0.1, 0.15) is 36.5 Å². The molecule has 21 heavy (non-hydrogen) atoms. The minimum atomic E-state index is -0.136. The average Bonchev–Trinajstić information content (AvgIpc) is 3.13. The van der Waals surface area contributed by atoms with Crippen molar-refractivity contribution in [3.8, 4) is 0 Å². The summed E-state index contributed by atoms with van der Waals surface area (Å²) < 4.78 is 1.49. The molecule has 0 aliphatic carbocycles. The van der Waals surface area contributed by atoms with Gasteiger partial charge in [-0.25, -0.2) is 0 Å². The Morgan fingerprint density at radius 3 is 3.10 bits per heavy atom. The Morgan fingerprint density at radius 2 is 2.33 bits per heavy atom. The van der Waals surface area contributed by atoms with Crippen molar-refractivity contribution >= 4 is 11.6 Å². The van der Waals surface area contributed by atoms with Gasteiger partial charge < -0.3 is 10.0 Å². The molecule has 1 aliphatic heterocycles. The molecule has 7 nitrogen and oxygen atoms in total. The zero-order valence-corrected chi connectivity index (χ0v) is 12.1. The number of carbonyl (C=O) groups excluding carboxylic acids is 1. The van der Waals surface area contributed by atoms with E-state index in [1.807, 2.05) is 4.90 Å². The molecule has 112 valence electrons. The fourth-order valence-electron chi connectivity index (χ4n) is 3.10. The summed E-state index contributed by atoms with van der Waals surface area (Å²) in [5.74, 6) is -0.0289. The lowest BCUT2D eigenvalue weighted by molar-refractivity contribution is 0.0729. The monoisotopic (exact) mass is 289 g/mol. The van der Waals surface area contributed by atoms with E-state index < -0.39 is 0 Å². The number of rotatable bonds is 4. The Kier molecular flexibility index (Phi) is 3.59. The molecule has 1 unspecified atom stereocenters. The number of hydrogen-bond acceptors (Lipinski definition) is 5. The van der Waals surface area contributed by atoms with Crippen LogP contribution in [-0.4, -0.2) is 55.7 Å². The van der Waals surface area contributed by atoms with E-state index in [1.54, 1.807) is 18.3 Å². The van der Waals surface area contributed by atoms with Gasteiger partial charge in [0.2, 0.25) is 0 Å². The quantitative estimate of drug-likeness (QED) is 0.898. The van der Waals surface area contributed by atoms with E-state index in [9.17, 15) is 9.90 Å². The number of amides is 1. The fourth-order valence-corrected chi connectivity index (χ4v) is 3.10. The van der Waals surface area contributed by atoms with Gasteiger partial charge in [0.15, 0.2) is 5.65 Å². The second-order valence-corrected chi connectivity index (χ2v) is 5.78. The Balaban J connectivity index is 1.79. The Labute approximate surface area is 122 Å². The highest BCUT2D eigenvalue weighted by Gasteiger charge is 2.38. The molecule has 0 saturated carbocycles. The summed E-state index contributed by atoms with van der Waals surface area (Å²) in [7, 11) is 0. The van der Waals surface area contributed by atoms with E-state index in [0.717, 1.165) is 19.3 Å². The first kappa shape index (κ1) is 13.9. The SMILES string of the molecule is CCCC1(CO)CCN(C(=O)c2ccc3nnnn3c2)C1. The molecular weight excluding hydrogens is 270 g/mol. The van der Waals surface area contributed by atoms with Crippen molar-refractivity contribution in [1.29, 1.82) is 0 Å². The summed E-state index contributed by atoms with van der Waals surface area (Å²) in [6, 6.07) is 3.47. The molecule has 1 aliphatic rings. The summed E-state index contributed by atoms with van der Waals surface area (Å²) in [6.07, 6.45) is 4.46. The number of tetrazole rings is 1. The van der Waals surface area contributed by atoms with Gasteiger partial charge in [-0.1, -0.05) is 13.3 Å². The number of hydrogen-bond donors (Lipinski definition) is 1. The highest BCUT2D eigenvalue weighted by Crippen LogP contribution is 2.35. The highest BCUT2D eigenvalue weighted by atomic mass is 16.3. The van der Waals surface area contributed by atoms with Gasteiger partial charge in [0, 0.05) is 24.7 Å². The second kappa shape index (κ2) is 5.40. The normalized spacial score (nSPS) is 22.1. The van der Waals surface area contributed by atoms with E-state index in [0.29, 0.717) is 24.3 Å². The summed E-state index contributed by atoms with van der Waals surface area (Å²) in [5, 5.41) is 20.9. The van der Waals surface area contributed by atoms with Gasteiger partial charge in [0.05, 0.1) is 12.2 Å². The number of aliphatic hydroxyl groups is 1. The molecule has 0 radical (unpaired) electrons. The molecule has 0 spiro atoms. The predicted molar refractivity (Wildman–Crippen MR) is 75.7 cm³/mol. The summed E-state index contributed by atoms with van der Waals surface area (Å²) in [6.45, 7) is 3.54. The summed E-state index contributed by atoms with van der Waals surface area (Å²) >= 11 is 0. The van der Waals surface area contributed by atoms with E-state index >= 15 is 0 Å². The van der Waals surface area contributed by atoms with Gasteiger partial charge in [-0.05, 0) is 35.4 Å². The molecule has 3 rings (SSSR count). The maximum absolute atomic E-state index is 12.6. The van der Waals surface area contributed by atoms with Crippen LogP contribution in [0, 0.1) is 5.41 Å². The van der Waals surface area contributed by atoms with Crippen LogP contribution < -0.4 is 0 Å². The zero-order valence-electron chi connectivity index (χ0n) is 12.1. The number of aliphatic hydroxyl groups excluding tert-OH is 1. The molecule has 0 bridgehead atoms. The third-order valence-corrected chi connectivity index (χ3v) is 4.28. The van der Waals surface area contributed by atoms with Crippen LogP contribution in [0.2, 0.25) is 0 Å². The zero-order chi connectivity index (χ0) is 14.9. The van der Waals surface area contributed by atoms with Gasteiger partial charge in [0.25, 0.3) is 5.91 Å². The Morgan fingerprint density at radius 1 is 1.48 bits per heavy atom. The maximum atomic E-state index is 12.6. The molecule has 1 N–H and O–H groups in total. The van der Waals surface area contributed by atoms with Crippen molar-refractivity contribution in [3.05, 3.63) is 23.9 Å². The number of pyridine rings is 1.